The van der Waals surface area contributed by atoms with Gasteiger partial charge in [0.15, 0.2) is 11.5 Å². The third-order valence-corrected chi connectivity index (χ3v) is 8.26. The smallest absolute Gasteiger partial charge is 0.345 e. The van der Waals surface area contributed by atoms with E-state index in [1.54, 1.807) is 11.0 Å². The molecule has 1 aliphatic rings. The van der Waals surface area contributed by atoms with Crippen LogP contribution in [0.2, 0.25) is 0 Å². The van der Waals surface area contributed by atoms with Gasteiger partial charge in [-0.25, -0.2) is 4.79 Å². The average Bonchev–Trinajstić information content (AvgIpc) is 3.56. The summed E-state index contributed by atoms with van der Waals surface area (Å²) < 4.78 is 15.4. The van der Waals surface area contributed by atoms with E-state index in [9.17, 15) is 40.0 Å². The van der Waals surface area contributed by atoms with Gasteiger partial charge in [-0.1, -0.05) is 0 Å². The van der Waals surface area contributed by atoms with Crippen LogP contribution in [0.25, 0.3) is 20.2 Å². The number of carboxylic acid groups (broad SMARTS) is 1. The monoisotopic (exact) mass is 607 g/mol. The van der Waals surface area contributed by atoms with Crippen molar-refractivity contribution in [3.8, 4) is 23.0 Å². The van der Waals surface area contributed by atoms with Crippen LogP contribution in [0.3, 0.4) is 0 Å². The van der Waals surface area contributed by atoms with E-state index in [0.29, 0.717) is 42.0 Å². The summed E-state index contributed by atoms with van der Waals surface area (Å²) in [5.74, 6) is -2.56. The number of nitro groups is 2. The molecule has 3 heterocycles. The maximum atomic E-state index is 12.5. The van der Waals surface area contributed by atoms with Crippen molar-refractivity contribution in [2.75, 3.05) is 40.5 Å². The number of ether oxygens (including phenoxy) is 3. The Morgan fingerprint density at radius 2 is 1.29 bits per heavy atom. The highest BCUT2D eigenvalue weighted by molar-refractivity contribution is 7.21. The lowest BCUT2D eigenvalue weighted by atomic mass is 10.2. The van der Waals surface area contributed by atoms with Crippen molar-refractivity contribution in [2.24, 2.45) is 0 Å². The lowest BCUT2D eigenvalue weighted by Gasteiger charge is -2.26. The first-order chi connectivity index (χ1) is 19.5. The van der Waals surface area contributed by atoms with Gasteiger partial charge in [-0.15, -0.1) is 22.7 Å². The van der Waals surface area contributed by atoms with Crippen molar-refractivity contribution >= 4 is 66.1 Å². The number of morpholine rings is 1. The number of phenolic OH excluding ortho intramolecular Hbond substituents is 2. The van der Waals surface area contributed by atoms with Gasteiger partial charge in [-0.2, -0.15) is 0 Å². The normalized spacial score (nSPS) is 13.0. The Kier molecular flexibility index (Phi) is 8.41. The highest BCUT2D eigenvalue weighted by Gasteiger charge is 2.28. The van der Waals surface area contributed by atoms with Gasteiger partial charge in [0.2, 0.25) is 11.5 Å². The topological polar surface area (TPSA) is 212 Å². The summed E-state index contributed by atoms with van der Waals surface area (Å²) in [6.45, 7) is 1.93. The highest BCUT2D eigenvalue weighted by Crippen LogP contribution is 2.46. The van der Waals surface area contributed by atoms with E-state index in [2.05, 4.69) is 0 Å². The summed E-state index contributed by atoms with van der Waals surface area (Å²) in [7, 11) is 2.58. The molecule has 0 bridgehead atoms. The Labute approximate surface area is 237 Å². The number of carbonyl (C=O) groups is 2. The molecule has 41 heavy (non-hydrogen) atoms. The van der Waals surface area contributed by atoms with Crippen LogP contribution in [-0.2, 0) is 4.74 Å². The number of amides is 1. The van der Waals surface area contributed by atoms with Gasteiger partial charge in [0, 0.05) is 23.9 Å². The SMILES string of the molecule is COc1cc2cc(C(=O)N3CCOCC3)sc2c([N+](=O)[O-])c1O.COc1cc2cc(C(=O)O)sc2c([N+](=O)[O-])c1O. The van der Waals surface area contributed by atoms with E-state index in [1.165, 1.54) is 32.4 Å². The van der Waals surface area contributed by atoms with E-state index in [0.717, 1.165) is 22.7 Å². The van der Waals surface area contributed by atoms with E-state index >= 15 is 0 Å². The van der Waals surface area contributed by atoms with Crippen molar-refractivity contribution in [1.29, 1.82) is 0 Å². The molecule has 216 valence electrons. The Bertz CT molecular complexity index is 1690. The number of benzene rings is 2. The summed E-state index contributed by atoms with van der Waals surface area (Å²) in [6.07, 6.45) is 0. The van der Waals surface area contributed by atoms with Crippen LogP contribution in [0, 0.1) is 20.2 Å². The Morgan fingerprint density at radius 1 is 0.854 bits per heavy atom. The number of aromatic carboxylic acids is 1. The second kappa shape index (κ2) is 11.8. The Morgan fingerprint density at radius 3 is 1.71 bits per heavy atom. The minimum absolute atomic E-state index is 0.00683. The molecule has 2 aromatic carbocycles. The highest BCUT2D eigenvalue weighted by atomic mass is 32.1. The van der Waals surface area contributed by atoms with E-state index in [1.807, 2.05) is 0 Å². The minimum atomic E-state index is -1.18. The fourth-order valence-corrected chi connectivity index (χ4v) is 6.17. The van der Waals surface area contributed by atoms with Gasteiger partial charge in [-0.3, -0.25) is 25.0 Å². The quantitative estimate of drug-likeness (QED) is 0.208. The number of carbonyl (C=O) groups excluding carboxylic acids is 1. The van der Waals surface area contributed by atoms with Crippen molar-refractivity contribution in [2.45, 2.75) is 0 Å². The predicted molar refractivity (Wildman–Crippen MR) is 147 cm³/mol. The maximum Gasteiger partial charge on any atom is 0.345 e. The number of rotatable bonds is 6. The van der Waals surface area contributed by atoms with Gasteiger partial charge >= 0.3 is 17.3 Å². The summed E-state index contributed by atoms with van der Waals surface area (Å²) in [4.78, 5) is 46.1. The van der Waals surface area contributed by atoms with Crippen LogP contribution in [0.1, 0.15) is 19.3 Å². The first-order valence-electron chi connectivity index (χ1n) is 11.5. The first kappa shape index (κ1) is 29.2. The molecule has 1 aliphatic heterocycles. The Hall–Kier alpha value is -4.74. The van der Waals surface area contributed by atoms with E-state index < -0.39 is 38.7 Å². The van der Waals surface area contributed by atoms with Crippen LogP contribution >= 0.6 is 22.7 Å². The molecule has 17 heteroatoms. The zero-order chi connectivity index (χ0) is 30.0. The molecule has 1 saturated heterocycles. The number of carboxylic acids is 1. The molecule has 0 radical (unpaired) electrons. The Balaban J connectivity index is 0.000000195. The number of hydrogen-bond acceptors (Lipinski definition) is 13. The summed E-state index contributed by atoms with van der Waals surface area (Å²) in [5.41, 5.74) is -0.979. The molecular formula is C24H21N3O12S2. The van der Waals surface area contributed by atoms with Crippen LogP contribution in [0.5, 0.6) is 23.0 Å². The van der Waals surface area contributed by atoms with Gasteiger partial charge in [0.25, 0.3) is 5.91 Å². The van der Waals surface area contributed by atoms with Gasteiger partial charge in [-0.05, 0) is 24.3 Å². The third kappa shape index (κ3) is 5.63. The minimum Gasteiger partial charge on any atom is -0.499 e. The molecule has 4 aromatic rings. The number of nitro benzene ring substituents is 2. The lowest BCUT2D eigenvalue weighted by Crippen LogP contribution is -2.40. The number of thiophene rings is 2. The van der Waals surface area contributed by atoms with E-state index in [-0.39, 0.29) is 31.7 Å². The largest absolute Gasteiger partial charge is 0.499 e. The van der Waals surface area contributed by atoms with Gasteiger partial charge in [0.1, 0.15) is 14.3 Å². The van der Waals surface area contributed by atoms with Crippen molar-refractivity contribution < 1.29 is 49.0 Å². The number of hydrogen-bond donors (Lipinski definition) is 3. The summed E-state index contributed by atoms with van der Waals surface area (Å²) in [5, 5.41) is 51.6. The molecule has 1 amide bonds. The van der Waals surface area contributed by atoms with Crippen LogP contribution in [0.4, 0.5) is 11.4 Å². The second-order valence-electron chi connectivity index (χ2n) is 8.33. The first-order valence-corrected chi connectivity index (χ1v) is 13.2. The number of fused-ring (bicyclic) bond motifs is 2. The lowest BCUT2D eigenvalue weighted by molar-refractivity contribution is -0.384. The molecule has 0 unspecified atom stereocenters. The van der Waals surface area contributed by atoms with Crippen LogP contribution in [-0.4, -0.2) is 82.5 Å². The van der Waals surface area contributed by atoms with Crippen molar-refractivity contribution in [3.05, 3.63) is 54.2 Å². The molecule has 3 N–H and O–H groups in total. The zero-order valence-electron chi connectivity index (χ0n) is 21.3. The molecule has 1 fully saturated rings. The molecule has 0 spiro atoms. The van der Waals surface area contributed by atoms with Gasteiger partial charge < -0.3 is 34.4 Å². The fourth-order valence-electron chi connectivity index (χ4n) is 4.05. The standard InChI is InChI=1S/C14H14N2O6S.C10H7NO6S/c1-21-9-6-8-7-10(14(18)15-2-4-22-5-3-15)23-13(8)11(12(9)17)16(19)20;1-17-5-2-4-3-6(10(13)14)18-9(4)7(8(5)12)11(15)16/h6-7,17H,2-5H2,1H3;2-3,12H,1H3,(H,13,14). The number of aromatic hydroxyl groups is 2. The predicted octanol–water partition coefficient (Wildman–Crippen LogP) is 4.22. The fraction of sp³-hybridized carbons (Fsp3) is 0.250. The van der Waals surface area contributed by atoms with Crippen LogP contribution < -0.4 is 9.47 Å². The summed E-state index contributed by atoms with van der Waals surface area (Å²) >= 11 is 1.74. The second-order valence-corrected chi connectivity index (χ2v) is 10.4. The van der Waals surface area contributed by atoms with Crippen molar-refractivity contribution in [1.82, 2.24) is 4.90 Å². The molecule has 0 aliphatic carbocycles. The molecule has 2 aromatic heterocycles. The third-order valence-electron chi connectivity index (χ3n) is 5.97. The number of methoxy groups -OCH3 is 2. The van der Waals surface area contributed by atoms with Crippen LogP contribution in [0.15, 0.2) is 24.3 Å². The average molecular weight is 608 g/mol. The molecule has 0 saturated carbocycles. The zero-order valence-corrected chi connectivity index (χ0v) is 22.9. The maximum absolute atomic E-state index is 12.5. The number of phenols is 2. The molecule has 0 atom stereocenters. The number of nitrogens with zero attached hydrogens (tertiary/aromatic N) is 3. The van der Waals surface area contributed by atoms with Gasteiger partial charge in [0.05, 0.1) is 42.2 Å². The van der Waals surface area contributed by atoms with E-state index in [4.69, 9.17) is 19.3 Å². The molecule has 15 nitrogen and oxygen atoms in total. The summed E-state index contributed by atoms with van der Waals surface area (Å²) in [6, 6.07) is 5.74. The molecule has 5 rings (SSSR count). The molecular weight excluding hydrogens is 586 g/mol. The van der Waals surface area contributed by atoms with Crippen molar-refractivity contribution in [3.63, 3.8) is 0 Å².